The molecule has 0 aliphatic heterocycles. The van der Waals surface area contributed by atoms with E-state index < -0.39 is 5.41 Å². The van der Waals surface area contributed by atoms with Gasteiger partial charge in [-0.05, 0) is 54.5 Å². The summed E-state index contributed by atoms with van der Waals surface area (Å²) in [5.74, 6) is -0.259. The van der Waals surface area contributed by atoms with E-state index in [9.17, 15) is 9.65 Å². The van der Waals surface area contributed by atoms with E-state index in [1.807, 2.05) is 6.07 Å². The topological polar surface area (TPSA) is 23.8 Å². The SMILES string of the molecule is N#CC1(Cc2ccc(F)cc2Br)CCc2ccccc2C1. The van der Waals surface area contributed by atoms with Crippen molar-refractivity contribution in [3.8, 4) is 6.07 Å². The summed E-state index contributed by atoms with van der Waals surface area (Å²) in [5.41, 5.74) is 3.22. The van der Waals surface area contributed by atoms with Crippen molar-refractivity contribution in [1.82, 2.24) is 0 Å². The molecule has 106 valence electrons. The molecule has 1 nitrogen and oxygen atoms in total. The molecule has 0 N–H and O–H groups in total. The van der Waals surface area contributed by atoms with Crippen molar-refractivity contribution in [1.29, 1.82) is 5.26 Å². The van der Waals surface area contributed by atoms with E-state index in [1.54, 1.807) is 6.07 Å². The van der Waals surface area contributed by atoms with Crippen molar-refractivity contribution >= 4 is 15.9 Å². The van der Waals surface area contributed by atoms with Crippen molar-refractivity contribution in [2.45, 2.75) is 25.7 Å². The second kappa shape index (κ2) is 5.61. The van der Waals surface area contributed by atoms with Crippen molar-refractivity contribution in [2.24, 2.45) is 5.41 Å². The maximum atomic E-state index is 13.2. The Hall–Kier alpha value is -1.66. The molecule has 0 saturated carbocycles. The minimum Gasteiger partial charge on any atom is -0.207 e. The quantitative estimate of drug-likeness (QED) is 0.766. The monoisotopic (exact) mass is 343 g/mol. The molecule has 3 heteroatoms. The van der Waals surface area contributed by atoms with E-state index in [-0.39, 0.29) is 5.82 Å². The molecule has 1 atom stereocenters. The number of hydrogen-bond donors (Lipinski definition) is 0. The maximum absolute atomic E-state index is 13.2. The van der Waals surface area contributed by atoms with Crippen LogP contribution in [0.25, 0.3) is 0 Å². The summed E-state index contributed by atoms with van der Waals surface area (Å²) in [4.78, 5) is 0. The Labute approximate surface area is 132 Å². The van der Waals surface area contributed by atoms with Gasteiger partial charge in [0.25, 0.3) is 0 Å². The molecule has 0 aromatic heterocycles. The van der Waals surface area contributed by atoms with Gasteiger partial charge in [-0.3, -0.25) is 0 Å². The number of nitriles is 1. The van der Waals surface area contributed by atoms with Gasteiger partial charge in [0.05, 0.1) is 11.5 Å². The zero-order valence-corrected chi connectivity index (χ0v) is 13.2. The van der Waals surface area contributed by atoms with Gasteiger partial charge in [-0.1, -0.05) is 46.3 Å². The lowest BCUT2D eigenvalue weighted by atomic mass is 9.69. The minimum atomic E-state index is -0.394. The summed E-state index contributed by atoms with van der Waals surface area (Å²) in [7, 11) is 0. The van der Waals surface area contributed by atoms with E-state index in [1.165, 1.54) is 23.3 Å². The zero-order chi connectivity index (χ0) is 14.9. The van der Waals surface area contributed by atoms with Gasteiger partial charge in [-0.2, -0.15) is 5.26 Å². The maximum Gasteiger partial charge on any atom is 0.124 e. The molecule has 2 aromatic carbocycles. The third-order valence-corrected chi connectivity index (χ3v) is 5.04. The largest absolute Gasteiger partial charge is 0.207 e. The molecule has 0 heterocycles. The van der Waals surface area contributed by atoms with Crippen LogP contribution in [0.5, 0.6) is 0 Å². The van der Waals surface area contributed by atoms with Crippen LogP contribution in [0.1, 0.15) is 23.1 Å². The van der Waals surface area contributed by atoms with Gasteiger partial charge in [0.15, 0.2) is 0 Å². The van der Waals surface area contributed by atoms with Crippen molar-refractivity contribution in [2.75, 3.05) is 0 Å². The Morgan fingerprint density at radius 1 is 1.19 bits per heavy atom. The van der Waals surface area contributed by atoms with Gasteiger partial charge in [-0.15, -0.1) is 0 Å². The van der Waals surface area contributed by atoms with Crippen LogP contribution in [0.3, 0.4) is 0 Å². The predicted molar refractivity (Wildman–Crippen MR) is 84.3 cm³/mol. The van der Waals surface area contributed by atoms with Crippen molar-refractivity contribution in [3.63, 3.8) is 0 Å². The molecule has 3 rings (SSSR count). The third-order valence-electron chi connectivity index (χ3n) is 4.30. The molecule has 0 spiro atoms. The molecule has 0 saturated heterocycles. The molecule has 1 aliphatic rings. The number of fused-ring (bicyclic) bond motifs is 1. The predicted octanol–water partition coefficient (Wildman–Crippen LogP) is 4.83. The number of hydrogen-bond acceptors (Lipinski definition) is 1. The molecule has 21 heavy (non-hydrogen) atoms. The average Bonchev–Trinajstić information content (AvgIpc) is 2.50. The Morgan fingerprint density at radius 2 is 1.95 bits per heavy atom. The fourth-order valence-corrected chi connectivity index (χ4v) is 3.61. The van der Waals surface area contributed by atoms with Crippen LogP contribution in [0, 0.1) is 22.6 Å². The molecule has 0 bridgehead atoms. The lowest BCUT2D eigenvalue weighted by Crippen LogP contribution is -2.30. The fraction of sp³-hybridized carbons (Fsp3) is 0.278. The Kier molecular flexibility index (Phi) is 3.82. The smallest absolute Gasteiger partial charge is 0.124 e. The van der Waals surface area contributed by atoms with Crippen LogP contribution in [0.4, 0.5) is 4.39 Å². The molecule has 1 aliphatic carbocycles. The van der Waals surface area contributed by atoms with Gasteiger partial charge in [-0.25, -0.2) is 4.39 Å². The van der Waals surface area contributed by atoms with Crippen LogP contribution in [0.2, 0.25) is 0 Å². The fourth-order valence-electron chi connectivity index (χ4n) is 3.12. The second-order valence-corrected chi connectivity index (χ2v) is 6.60. The molecular weight excluding hydrogens is 329 g/mol. The van der Waals surface area contributed by atoms with E-state index in [0.717, 1.165) is 29.3 Å². The first-order chi connectivity index (χ1) is 10.1. The highest BCUT2D eigenvalue weighted by Gasteiger charge is 2.35. The average molecular weight is 344 g/mol. The number of nitrogens with zero attached hydrogens (tertiary/aromatic N) is 1. The molecule has 0 fully saturated rings. The number of benzene rings is 2. The number of rotatable bonds is 2. The lowest BCUT2D eigenvalue weighted by molar-refractivity contribution is 0.339. The van der Waals surface area contributed by atoms with Crippen LogP contribution in [0.15, 0.2) is 46.9 Å². The van der Waals surface area contributed by atoms with Crippen molar-refractivity contribution in [3.05, 3.63) is 69.4 Å². The highest BCUT2D eigenvalue weighted by atomic mass is 79.9. The standard InChI is InChI=1S/C18H15BrFN/c19-17-9-16(20)6-5-15(17)11-18(12-21)8-7-13-3-1-2-4-14(13)10-18/h1-6,9H,7-8,10-11H2. The molecular formula is C18H15BrFN. The highest BCUT2D eigenvalue weighted by molar-refractivity contribution is 9.10. The van der Waals surface area contributed by atoms with Gasteiger partial charge in [0.1, 0.15) is 5.82 Å². The Balaban J connectivity index is 1.91. The van der Waals surface area contributed by atoms with Gasteiger partial charge in [0, 0.05) is 4.47 Å². The van der Waals surface area contributed by atoms with Gasteiger partial charge >= 0.3 is 0 Å². The van der Waals surface area contributed by atoms with E-state index in [2.05, 4.69) is 40.2 Å². The van der Waals surface area contributed by atoms with Crippen LogP contribution < -0.4 is 0 Å². The summed E-state index contributed by atoms with van der Waals surface area (Å²) in [6.07, 6.45) is 3.20. The van der Waals surface area contributed by atoms with E-state index >= 15 is 0 Å². The van der Waals surface area contributed by atoms with Crippen LogP contribution in [-0.4, -0.2) is 0 Å². The molecule has 2 aromatic rings. The van der Waals surface area contributed by atoms with E-state index in [0.29, 0.717) is 6.42 Å². The van der Waals surface area contributed by atoms with Gasteiger partial charge in [0.2, 0.25) is 0 Å². The first-order valence-corrected chi connectivity index (χ1v) is 7.83. The third kappa shape index (κ3) is 2.87. The Bertz CT molecular complexity index is 719. The summed E-state index contributed by atoms with van der Waals surface area (Å²) < 4.78 is 14.0. The van der Waals surface area contributed by atoms with E-state index in [4.69, 9.17) is 0 Å². The summed E-state index contributed by atoms with van der Waals surface area (Å²) in [6.45, 7) is 0. The highest BCUT2D eigenvalue weighted by Crippen LogP contribution is 2.39. The molecule has 0 radical (unpaired) electrons. The zero-order valence-electron chi connectivity index (χ0n) is 11.6. The summed E-state index contributed by atoms with van der Waals surface area (Å²) in [5, 5.41) is 9.73. The molecule has 0 amide bonds. The lowest BCUT2D eigenvalue weighted by Gasteiger charge is -2.32. The molecule has 1 unspecified atom stereocenters. The second-order valence-electron chi connectivity index (χ2n) is 5.75. The Morgan fingerprint density at radius 3 is 2.67 bits per heavy atom. The van der Waals surface area contributed by atoms with Crippen LogP contribution in [-0.2, 0) is 19.3 Å². The summed E-state index contributed by atoms with van der Waals surface area (Å²) in [6, 6.07) is 15.6. The normalized spacial score (nSPS) is 20.6. The van der Waals surface area contributed by atoms with Crippen LogP contribution >= 0.6 is 15.9 Å². The number of aryl methyl sites for hydroxylation is 1. The minimum absolute atomic E-state index is 0.259. The summed E-state index contributed by atoms with van der Waals surface area (Å²) >= 11 is 3.41. The first kappa shape index (κ1) is 14.3. The first-order valence-electron chi connectivity index (χ1n) is 7.04. The van der Waals surface area contributed by atoms with Crippen molar-refractivity contribution < 1.29 is 4.39 Å². The number of halogens is 2. The van der Waals surface area contributed by atoms with Gasteiger partial charge < -0.3 is 0 Å².